The molecule has 0 radical (unpaired) electrons. The molecule has 0 bridgehead atoms. The summed E-state index contributed by atoms with van der Waals surface area (Å²) in [5.41, 5.74) is -0.736. The molecule has 0 saturated heterocycles. The molecule has 1 unspecified atom stereocenters. The molecule has 9 heteroatoms. The van der Waals surface area contributed by atoms with Crippen molar-refractivity contribution < 1.29 is 32.6 Å². The summed E-state index contributed by atoms with van der Waals surface area (Å²) in [6.45, 7) is 1.72. The maximum absolute atomic E-state index is 13.2. The molecule has 0 heterocycles. The largest absolute Gasteiger partial charge is 0.487 e. The van der Waals surface area contributed by atoms with Gasteiger partial charge >= 0.3 is 12.1 Å². The summed E-state index contributed by atoms with van der Waals surface area (Å²) in [5.74, 6) is -1.56. The molecule has 4 rings (SSSR count). The lowest BCUT2D eigenvalue weighted by Gasteiger charge is -2.43. The second kappa shape index (κ2) is 9.41. The van der Waals surface area contributed by atoms with Gasteiger partial charge in [-0.2, -0.15) is 13.2 Å². The summed E-state index contributed by atoms with van der Waals surface area (Å²) in [4.78, 5) is 25.2. The predicted octanol–water partition coefficient (Wildman–Crippen LogP) is 6.46. The molecule has 5 nitrogen and oxygen atoms in total. The molecule has 1 saturated carbocycles. The Hall–Kier alpha value is -3.26. The Labute approximate surface area is 204 Å². The lowest BCUT2D eigenvalue weighted by molar-refractivity contribution is -0.144. The van der Waals surface area contributed by atoms with E-state index in [1.807, 2.05) is 6.92 Å². The number of halogens is 4. The summed E-state index contributed by atoms with van der Waals surface area (Å²) in [5, 5.41) is 14.0. The predicted molar refractivity (Wildman–Crippen MR) is 126 cm³/mol. The number of nitrogens with one attached hydrogen (secondary N) is 1. The van der Waals surface area contributed by atoms with Crippen molar-refractivity contribution in [3.63, 3.8) is 0 Å². The third-order valence-corrected chi connectivity index (χ3v) is 6.79. The third kappa shape index (κ3) is 5.22. The van der Waals surface area contributed by atoms with Crippen molar-refractivity contribution in [3.8, 4) is 5.75 Å². The number of aliphatic carboxylic acids is 1. The van der Waals surface area contributed by atoms with E-state index in [1.54, 1.807) is 24.3 Å². The minimum atomic E-state index is -4.45. The van der Waals surface area contributed by atoms with E-state index in [0.717, 1.165) is 23.9 Å². The van der Waals surface area contributed by atoms with Crippen LogP contribution in [0.2, 0.25) is 5.02 Å². The number of carboxylic acids is 1. The van der Waals surface area contributed by atoms with Crippen LogP contribution in [0.4, 0.5) is 13.2 Å². The Morgan fingerprint density at radius 3 is 2.34 bits per heavy atom. The molecular weight excluding hydrogens is 483 g/mol. The molecule has 0 aromatic heterocycles. The van der Waals surface area contributed by atoms with Crippen molar-refractivity contribution in [2.75, 3.05) is 0 Å². The SMILES string of the molecule is CC1(C(NC(=O)c2ccc3ccc(Cl)cc3c2OCc2ccc(C(F)(F)F)cc2)C(=O)O)CCC1. The van der Waals surface area contributed by atoms with E-state index in [9.17, 15) is 27.9 Å². The molecule has 35 heavy (non-hydrogen) atoms. The average molecular weight is 506 g/mol. The number of ether oxygens (including phenoxy) is 1. The zero-order chi connectivity index (χ0) is 25.4. The van der Waals surface area contributed by atoms with Crippen LogP contribution in [-0.2, 0) is 17.6 Å². The average Bonchev–Trinajstić information content (AvgIpc) is 2.78. The van der Waals surface area contributed by atoms with Crippen LogP contribution >= 0.6 is 11.6 Å². The Balaban J connectivity index is 1.66. The summed E-state index contributed by atoms with van der Waals surface area (Å²) in [7, 11) is 0. The van der Waals surface area contributed by atoms with Crippen molar-refractivity contribution >= 4 is 34.2 Å². The van der Waals surface area contributed by atoms with Gasteiger partial charge < -0.3 is 15.2 Å². The maximum atomic E-state index is 13.2. The van der Waals surface area contributed by atoms with Gasteiger partial charge in [-0.15, -0.1) is 0 Å². The molecule has 1 aliphatic rings. The normalized spacial score (nSPS) is 15.8. The number of alkyl halides is 3. The number of carbonyl (C=O) groups is 2. The summed E-state index contributed by atoms with van der Waals surface area (Å²) in [6, 6.07) is 11.8. The van der Waals surface area contributed by atoms with E-state index in [2.05, 4.69) is 5.32 Å². The van der Waals surface area contributed by atoms with Crippen molar-refractivity contribution in [3.05, 3.63) is 76.3 Å². The van der Waals surface area contributed by atoms with E-state index in [1.165, 1.54) is 18.2 Å². The Morgan fingerprint density at radius 2 is 1.77 bits per heavy atom. The molecular formula is C26H23ClF3NO4. The molecule has 0 aliphatic heterocycles. The zero-order valence-corrected chi connectivity index (χ0v) is 19.5. The highest BCUT2D eigenvalue weighted by Gasteiger charge is 2.45. The van der Waals surface area contributed by atoms with Crippen LogP contribution in [-0.4, -0.2) is 23.0 Å². The molecule has 184 valence electrons. The summed E-state index contributed by atoms with van der Waals surface area (Å²) >= 11 is 6.17. The van der Waals surface area contributed by atoms with Gasteiger partial charge in [0.05, 0.1) is 11.1 Å². The monoisotopic (exact) mass is 505 g/mol. The lowest BCUT2D eigenvalue weighted by atomic mass is 9.65. The lowest BCUT2D eigenvalue weighted by Crippen LogP contribution is -2.54. The first-order chi connectivity index (χ1) is 16.5. The number of hydrogen-bond acceptors (Lipinski definition) is 3. The fourth-order valence-corrected chi connectivity index (χ4v) is 4.48. The smallest absolute Gasteiger partial charge is 0.416 e. The van der Waals surface area contributed by atoms with Crippen LogP contribution in [0, 0.1) is 5.41 Å². The van der Waals surface area contributed by atoms with Gasteiger partial charge in [-0.1, -0.05) is 49.2 Å². The van der Waals surface area contributed by atoms with Crippen LogP contribution in [0.1, 0.15) is 47.7 Å². The molecule has 1 amide bonds. The van der Waals surface area contributed by atoms with Gasteiger partial charge in [-0.05, 0) is 59.5 Å². The number of carbonyl (C=O) groups excluding carboxylic acids is 1. The molecule has 0 spiro atoms. The van der Waals surface area contributed by atoms with Gasteiger partial charge in [0.1, 0.15) is 18.4 Å². The second-order valence-electron chi connectivity index (χ2n) is 9.04. The van der Waals surface area contributed by atoms with Crippen LogP contribution in [0.5, 0.6) is 5.75 Å². The van der Waals surface area contributed by atoms with Crippen molar-refractivity contribution in [1.29, 1.82) is 0 Å². The van der Waals surface area contributed by atoms with E-state index < -0.39 is 35.1 Å². The number of benzene rings is 3. The first-order valence-corrected chi connectivity index (χ1v) is 11.4. The summed E-state index contributed by atoms with van der Waals surface area (Å²) < 4.78 is 44.6. The second-order valence-corrected chi connectivity index (χ2v) is 9.48. The van der Waals surface area contributed by atoms with Crippen molar-refractivity contribution in [1.82, 2.24) is 5.32 Å². The zero-order valence-electron chi connectivity index (χ0n) is 18.8. The van der Waals surface area contributed by atoms with Gasteiger partial charge in [0.25, 0.3) is 5.91 Å². The van der Waals surface area contributed by atoms with Crippen LogP contribution in [0.25, 0.3) is 10.8 Å². The van der Waals surface area contributed by atoms with Gasteiger partial charge in [-0.25, -0.2) is 4.79 Å². The highest BCUT2D eigenvalue weighted by atomic mass is 35.5. The number of rotatable bonds is 7. The van der Waals surface area contributed by atoms with Crippen LogP contribution in [0.15, 0.2) is 54.6 Å². The van der Waals surface area contributed by atoms with Gasteiger partial charge in [0, 0.05) is 10.4 Å². The van der Waals surface area contributed by atoms with Crippen LogP contribution < -0.4 is 10.1 Å². The number of amides is 1. The minimum absolute atomic E-state index is 0.107. The van der Waals surface area contributed by atoms with Gasteiger partial charge in [-0.3, -0.25) is 4.79 Å². The fourth-order valence-electron chi connectivity index (χ4n) is 4.31. The molecule has 1 aliphatic carbocycles. The molecule has 1 atom stereocenters. The van der Waals surface area contributed by atoms with Crippen molar-refractivity contribution in [2.45, 2.75) is 45.0 Å². The quantitative estimate of drug-likeness (QED) is 0.386. The van der Waals surface area contributed by atoms with Crippen molar-refractivity contribution in [2.24, 2.45) is 5.41 Å². The van der Waals surface area contributed by atoms with Gasteiger partial charge in [0.2, 0.25) is 0 Å². The maximum Gasteiger partial charge on any atom is 0.416 e. The summed E-state index contributed by atoms with van der Waals surface area (Å²) in [6.07, 6.45) is -2.18. The fraction of sp³-hybridized carbons (Fsp3) is 0.308. The highest BCUT2D eigenvalue weighted by Crippen LogP contribution is 2.44. The Bertz CT molecular complexity index is 1270. The van der Waals surface area contributed by atoms with Crippen LogP contribution in [0.3, 0.4) is 0 Å². The molecule has 3 aromatic rings. The topological polar surface area (TPSA) is 75.6 Å². The highest BCUT2D eigenvalue weighted by molar-refractivity contribution is 6.31. The first kappa shape index (κ1) is 24.9. The third-order valence-electron chi connectivity index (χ3n) is 6.56. The van der Waals surface area contributed by atoms with E-state index in [0.29, 0.717) is 28.8 Å². The van der Waals surface area contributed by atoms with Gasteiger partial charge in [0.15, 0.2) is 0 Å². The number of hydrogen-bond donors (Lipinski definition) is 2. The Kier molecular flexibility index (Phi) is 6.68. The van der Waals surface area contributed by atoms with E-state index >= 15 is 0 Å². The number of fused-ring (bicyclic) bond motifs is 1. The molecule has 3 aromatic carbocycles. The van der Waals surface area contributed by atoms with E-state index in [-0.39, 0.29) is 17.9 Å². The standard InChI is InChI=1S/C26H23ClF3NO4/c1-25(11-2-12-25)22(24(33)34)31-23(32)19-10-6-16-5-9-18(27)13-20(16)21(19)35-14-15-3-7-17(8-4-15)26(28,29)30/h3-10,13,22H,2,11-12,14H2,1H3,(H,31,32)(H,33,34). The Morgan fingerprint density at radius 1 is 1.11 bits per heavy atom. The first-order valence-electron chi connectivity index (χ1n) is 11.0. The molecule has 1 fully saturated rings. The number of carboxylic acid groups (broad SMARTS) is 1. The van der Waals surface area contributed by atoms with E-state index in [4.69, 9.17) is 16.3 Å². The minimum Gasteiger partial charge on any atom is -0.487 e. The molecule has 2 N–H and O–H groups in total.